The van der Waals surface area contributed by atoms with Gasteiger partial charge in [-0.2, -0.15) is 0 Å². The number of nitrogens with zero attached hydrogens (tertiary/aromatic N) is 4. The number of fused-ring (bicyclic) bond motifs is 3. The van der Waals surface area contributed by atoms with Crippen LogP contribution in [-0.4, -0.2) is 26.5 Å². The lowest BCUT2D eigenvalue weighted by atomic mass is 9.94. The summed E-state index contributed by atoms with van der Waals surface area (Å²) in [5, 5.41) is 13.2. The van der Waals surface area contributed by atoms with Crippen molar-refractivity contribution < 1.29 is 0 Å². The van der Waals surface area contributed by atoms with Crippen molar-refractivity contribution in [3.8, 4) is 5.69 Å². The van der Waals surface area contributed by atoms with E-state index in [0.29, 0.717) is 17.6 Å². The van der Waals surface area contributed by atoms with Crippen molar-refractivity contribution in [3.05, 3.63) is 75.8 Å². The molecule has 5 nitrogen and oxygen atoms in total. The molecule has 142 valence electrons. The third-order valence-electron chi connectivity index (χ3n) is 5.42. The molecule has 0 bridgehead atoms. The minimum atomic E-state index is 0.481. The summed E-state index contributed by atoms with van der Waals surface area (Å²) < 4.78 is 2.18. The van der Waals surface area contributed by atoms with Crippen LogP contribution in [0.5, 0.6) is 0 Å². The molecule has 0 radical (unpaired) electrons. The van der Waals surface area contributed by atoms with Crippen molar-refractivity contribution in [1.29, 1.82) is 0 Å². The lowest BCUT2D eigenvalue weighted by Crippen LogP contribution is -2.20. The first kappa shape index (κ1) is 17.6. The molecule has 0 atom stereocenters. The highest BCUT2D eigenvalue weighted by atomic mass is 35.5. The van der Waals surface area contributed by atoms with Crippen LogP contribution in [-0.2, 0) is 19.5 Å². The Morgan fingerprint density at radius 3 is 2.75 bits per heavy atom. The van der Waals surface area contributed by atoms with Crippen LogP contribution in [0.15, 0.2) is 47.5 Å². The van der Waals surface area contributed by atoms with E-state index in [4.69, 9.17) is 16.6 Å². The van der Waals surface area contributed by atoms with Crippen LogP contribution in [0.2, 0.25) is 5.02 Å². The van der Waals surface area contributed by atoms with E-state index in [1.165, 1.54) is 18.4 Å². The van der Waals surface area contributed by atoms with Crippen LogP contribution in [0.4, 0.5) is 0 Å². The summed E-state index contributed by atoms with van der Waals surface area (Å²) in [4.78, 5) is 4.95. The van der Waals surface area contributed by atoms with Gasteiger partial charge in [0.2, 0.25) is 0 Å². The summed E-state index contributed by atoms with van der Waals surface area (Å²) in [5.74, 6) is 1.80. The van der Waals surface area contributed by atoms with Gasteiger partial charge in [0.1, 0.15) is 6.54 Å². The average molecular weight is 392 g/mol. The first-order valence-electron chi connectivity index (χ1n) is 9.84. The Balaban J connectivity index is 1.69. The topological polar surface area (TPSA) is 55.1 Å². The third-order valence-corrected chi connectivity index (χ3v) is 5.75. The van der Waals surface area contributed by atoms with Gasteiger partial charge in [-0.25, -0.2) is 0 Å². The number of aromatic nitrogens is 3. The lowest BCUT2D eigenvalue weighted by Gasteiger charge is -2.17. The van der Waals surface area contributed by atoms with Crippen molar-refractivity contribution in [1.82, 2.24) is 20.1 Å². The SMILES string of the molecule is CCc1cccc2c1C(c1ccccc1Cl)=NCc1nnc(CNC3CC3)n1-2. The average Bonchev–Trinajstić information content (AvgIpc) is 3.49. The fourth-order valence-corrected chi connectivity index (χ4v) is 4.04. The predicted octanol–water partition coefficient (Wildman–Crippen LogP) is 4.09. The van der Waals surface area contributed by atoms with E-state index in [2.05, 4.69) is 45.2 Å². The molecule has 28 heavy (non-hydrogen) atoms. The van der Waals surface area contributed by atoms with Gasteiger partial charge in [0.05, 0.1) is 17.9 Å². The van der Waals surface area contributed by atoms with Gasteiger partial charge >= 0.3 is 0 Å². The molecule has 3 aromatic rings. The Morgan fingerprint density at radius 2 is 1.96 bits per heavy atom. The normalized spacial score (nSPS) is 15.6. The van der Waals surface area contributed by atoms with Gasteiger partial charge in [0.25, 0.3) is 0 Å². The zero-order valence-corrected chi connectivity index (χ0v) is 16.6. The first-order chi connectivity index (χ1) is 13.8. The number of aryl methyl sites for hydroxylation is 1. The minimum absolute atomic E-state index is 0.481. The van der Waals surface area contributed by atoms with E-state index in [1.54, 1.807) is 0 Å². The van der Waals surface area contributed by atoms with E-state index in [-0.39, 0.29) is 0 Å². The summed E-state index contributed by atoms with van der Waals surface area (Å²) in [5.41, 5.74) is 5.36. The zero-order chi connectivity index (χ0) is 19.1. The Labute approximate surface area is 169 Å². The van der Waals surface area contributed by atoms with Crippen molar-refractivity contribution in [2.24, 2.45) is 4.99 Å². The molecule has 0 spiro atoms. The van der Waals surface area contributed by atoms with Crippen LogP contribution >= 0.6 is 11.6 Å². The molecule has 1 fully saturated rings. The van der Waals surface area contributed by atoms with Gasteiger partial charge in [0, 0.05) is 22.2 Å². The van der Waals surface area contributed by atoms with Crippen LogP contribution in [0.1, 0.15) is 48.1 Å². The first-order valence-corrected chi connectivity index (χ1v) is 10.2. The monoisotopic (exact) mass is 391 g/mol. The summed E-state index contributed by atoms with van der Waals surface area (Å²) >= 11 is 6.56. The minimum Gasteiger partial charge on any atom is -0.307 e. The number of halogens is 1. The van der Waals surface area contributed by atoms with Crippen LogP contribution in [0.3, 0.4) is 0 Å². The quantitative estimate of drug-likeness (QED) is 0.712. The molecule has 1 aliphatic heterocycles. The summed E-state index contributed by atoms with van der Waals surface area (Å²) in [7, 11) is 0. The Kier molecular flexibility index (Phi) is 4.49. The van der Waals surface area contributed by atoms with Crippen LogP contribution < -0.4 is 5.32 Å². The molecule has 6 heteroatoms. The van der Waals surface area contributed by atoms with Crippen molar-refractivity contribution in [3.63, 3.8) is 0 Å². The van der Waals surface area contributed by atoms with Crippen molar-refractivity contribution >= 4 is 17.3 Å². The highest BCUT2D eigenvalue weighted by Crippen LogP contribution is 2.31. The molecule has 2 aromatic carbocycles. The maximum atomic E-state index is 6.56. The molecule has 0 amide bonds. The fourth-order valence-electron chi connectivity index (χ4n) is 3.81. The summed E-state index contributed by atoms with van der Waals surface area (Å²) in [6.45, 7) is 3.37. The lowest BCUT2D eigenvalue weighted by molar-refractivity contribution is 0.645. The molecule has 0 unspecified atom stereocenters. The van der Waals surface area contributed by atoms with Gasteiger partial charge in [-0.15, -0.1) is 10.2 Å². The molecule has 0 saturated heterocycles. The Hall–Kier alpha value is -2.50. The van der Waals surface area contributed by atoms with Gasteiger partial charge in [0.15, 0.2) is 11.6 Å². The molecule has 1 N–H and O–H groups in total. The number of hydrogen-bond donors (Lipinski definition) is 1. The second-order valence-corrected chi connectivity index (χ2v) is 7.74. The summed E-state index contributed by atoms with van der Waals surface area (Å²) in [6.07, 6.45) is 3.41. The fraction of sp³-hybridized carbons (Fsp3) is 0.318. The zero-order valence-electron chi connectivity index (χ0n) is 15.8. The van der Waals surface area contributed by atoms with Gasteiger partial charge in [-0.05, 0) is 37.0 Å². The predicted molar refractivity (Wildman–Crippen MR) is 111 cm³/mol. The molecule has 1 aliphatic carbocycles. The maximum absolute atomic E-state index is 6.56. The molecule has 2 aliphatic rings. The largest absolute Gasteiger partial charge is 0.307 e. The second-order valence-electron chi connectivity index (χ2n) is 7.33. The standard InChI is InChI=1S/C22H22ClN5/c1-2-14-6-5-9-18-21(14)22(16-7-3-4-8-17(16)23)25-13-20-27-26-19(28(18)20)12-24-15-10-11-15/h3-9,15,24H,2,10-13H2,1H3. The number of benzene rings is 2. The van der Waals surface area contributed by atoms with Crippen LogP contribution in [0, 0.1) is 0 Å². The van der Waals surface area contributed by atoms with E-state index < -0.39 is 0 Å². The smallest absolute Gasteiger partial charge is 0.159 e. The highest BCUT2D eigenvalue weighted by molar-refractivity contribution is 6.35. The number of rotatable bonds is 5. The van der Waals surface area contributed by atoms with E-state index in [1.807, 2.05) is 24.3 Å². The molecule has 5 rings (SSSR count). The third kappa shape index (κ3) is 3.05. The molecule has 1 aromatic heterocycles. The number of aliphatic imine (C=N–C) groups is 1. The maximum Gasteiger partial charge on any atom is 0.159 e. The van der Waals surface area contributed by atoms with Gasteiger partial charge < -0.3 is 5.32 Å². The van der Waals surface area contributed by atoms with E-state index in [9.17, 15) is 0 Å². The van der Waals surface area contributed by atoms with E-state index in [0.717, 1.165) is 47.1 Å². The second kappa shape index (κ2) is 7.15. The Bertz CT molecular complexity index is 1060. The number of nitrogens with one attached hydrogen (secondary N) is 1. The van der Waals surface area contributed by atoms with Crippen molar-refractivity contribution in [2.45, 2.75) is 45.3 Å². The molecule has 1 saturated carbocycles. The molecule has 2 heterocycles. The number of hydrogen-bond acceptors (Lipinski definition) is 4. The summed E-state index contributed by atoms with van der Waals surface area (Å²) in [6, 6.07) is 15.0. The highest BCUT2D eigenvalue weighted by Gasteiger charge is 2.27. The van der Waals surface area contributed by atoms with Crippen LogP contribution in [0.25, 0.3) is 5.69 Å². The molecular formula is C22H22ClN5. The van der Waals surface area contributed by atoms with Gasteiger partial charge in [-0.3, -0.25) is 9.56 Å². The molecular weight excluding hydrogens is 370 g/mol. The van der Waals surface area contributed by atoms with Crippen molar-refractivity contribution in [2.75, 3.05) is 0 Å². The van der Waals surface area contributed by atoms with E-state index >= 15 is 0 Å². The van der Waals surface area contributed by atoms with Gasteiger partial charge in [-0.1, -0.05) is 48.9 Å². The Morgan fingerprint density at radius 1 is 1.11 bits per heavy atom.